The second kappa shape index (κ2) is 7.93. The number of pyridine rings is 1. The predicted molar refractivity (Wildman–Crippen MR) is 116 cm³/mol. The Kier molecular flexibility index (Phi) is 4.95. The molecule has 1 aromatic carbocycles. The number of nitrogens with zero attached hydrogens (tertiary/aromatic N) is 7. The second-order valence-corrected chi connectivity index (χ2v) is 7.51. The summed E-state index contributed by atoms with van der Waals surface area (Å²) in [6.45, 7) is 0. The molecule has 0 spiro atoms. The number of halogens is 2. The van der Waals surface area contributed by atoms with Crippen LogP contribution in [0.5, 0.6) is 0 Å². The van der Waals surface area contributed by atoms with E-state index in [0.29, 0.717) is 27.8 Å². The quantitative estimate of drug-likeness (QED) is 0.380. The van der Waals surface area contributed by atoms with Gasteiger partial charge < -0.3 is 0 Å². The van der Waals surface area contributed by atoms with E-state index in [1.807, 2.05) is 30.3 Å². The lowest BCUT2D eigenvalue weighted by atomic mass is 10.0. The van der Waals surface area contributed by atoms with Gasteiger partial charge in [0.2, 0.25) is 0 Å². The van der Waals surface area contributed by atoms with Crippen molar-refractivity contribution in [3.05, 3.63) is 83.4 Å². The molecule has 0 fully saturated rings. The Morgan fingerprint density at radius 1 is 1.19 bits per heavy atom. The van der Waals surface area contributed by atoms with Crippen LogP contribution in [0.2, 0.25) is 5.02 Å². The Hall–Kier alpha value is -3.98. The van der Waals surface area contributed by atoms with Crippen LogP contribution in [0.4, 0.5) is 4.39 Å². The molecule has 4 heterocycles. The van der Waals surface area contributed by atoms with Crippen molar-refractivity contribution in [2.24, 2.45) is 7.05 Å². The number of Topliss-reactive ketones (excluding diaryl/α,β-unsaturated/α-hetero) is 1. The fourth-order valence-electron chi connectivity index (χ4n) is 3.50. The highest BCUT2D eigenvalue weighted by atomic mass is 35.5. The highest BCUT2D eigenvalue weighted by Gasteiger charge is 2.22. The number of hydrogen-bond donors (Lipinski definition) is 0. The lowest BCUT2D eigenvalue weighted by Gasteiger charge is -2.07. The zero-order valence-electron chi connectivity index (χ0n) is 16.8. The molecule has 0 saturated heterocycles. The summed E-state index contributed by atoms with van der Waals surface area (Å²) in [6.07, 6.45) is 5.32. The Bertz CT molecular complexity index is 1460. The van der Waals surface area contributed by atoms with E-state index in [2.05, 4.69) is 25.1 Å². The van der Waals surface area contributed by atoms with Gasteiger partial charge in [0.15, 0.2) is 17.3 Å². The maximum Gasteiger partial charge on any atom is 0.186 e. The number of fused-ring (bicyclic) bond motifs is 1. The van der Waals surface area contributed by atoms with Crippen LogP contribution < -0.4 is 0 Å². The van der Waals surface area contributed by atoms with E-state index in [0.717, 1.165) is 5.56 Å². The third-order valence-electron chi connectivity index (χ3n) is 5.01. The minimum Gasteiger partial charge on any atom is -0.292 e. The van der Waals surface area contributed by atoms with Gasteiger partial charge in [0.05, 0.1) is 28.7 Å². The lowest BCUT2D eigenvalue weighted by Crippen LogP contribution is -2.12. The summed E-state index contributed by atoms with van der Waals surface area (Å²) in [5, 5.41) is 8.78. The van der Waals surface area contributed by atoms with Gasteiger partial charge in [-0.3, -0.25) is 9.48 Å². The molecule has 0 amide bonds. The van der Waals surface area contributed by atoms with Crippen molar-refractivity contribution in [2.75, 3.05) is 0 Å². The summed E-state index contributed by atoms with van der Waals surface area (Å²) in [4.78, 5) is 25.7. The van der Waals surface area contributed by atoms with Crippen LogP contribution in [-0.2, 0) is 13.5 Å². The van der Waals surface area contributed by atoms with Gasteiger partial charge >= 0.3 is 0 Å². The maximum atomic E-state index is 14.8. The fourth-order valence-corrected chi connectivity index (χ4v) is 3.70. The van der Waals surface area contributed by atoms with Crippen molar-refractivity contribution in [2.45, 2.75) is 6.42 Å². The molecule has 0 N–H and O–H groups in total. The molecule has 0 unspecified atom stereocenters. The largest absolute Gasteiger partial charge is 0.292 e. The first-order valence-corrected chi connectivity index (χ1v) is 10.0. The molecular weight excluding hydrogens is 433 g/mol. The third-order valence-corrected chi connectivity index (χ3v) is 5.29. The zero-order chi connectivity index (χ0) is 22.2. The zero-order valence-corrected chi connectivity index (χ0v) is 17.5. The number of benzene rings is 1. The molecule has 0 radical (unpaired) electrons. The van der Waals surface area contributed by atoms with Gasteiger partial charge in [-0.1, -0.05) is 41.9 Å². The summed E-state index contributed by atoms with van der Waals surface area (Å²) in [5.41, 5.74) is 2.58. The van der Waals surface area contributed by atoms with Gasteiger partial charge in [0.1, 0.15) is 17.8 Å². The average molecular weight is 448 g/mol. The number of aromatic nitrogens is 7. The standard InChI is InChI=1S/C22H15ClFN7O/c1-30-21(15(9-27-30)20-16(23)10-25-12-26-20)18(32)7-14-8-19-28-22(13-5-3-2-4-6-13)29-31(19)11-17(14)24/h2-6,8-12H,7H2,1H3. The fraction of sp³-hybridized carbons (Fsp3) is 0.0909. The Morgan fingerprint density at radius 2 is 2.00 bits per heavy atom. The monoisotopic (exact) mass is 447 g/mol. The van der Waals surface area contributed by atoms with Gasteiger partial charge in [0, 0.05) is 30.8 Å². The minimum atomic E-state index is -0.556. The van der Waals surface area contributed by atoms with Crippen LogP contribution in [0, 0.1) is 5.82 Å². The van der Waals surface area contributed by atoms with Gasteiger partial charge in [-0.15, -0.1) is 5.10 Å². The molecule has 32 heavy (non-hydrogen) atoms. The van der Waals surface area contributed by atoms with Crippen molar-refractivity contribution in [1.29, 1.82) is 0 Å². The Morgan fingerprint density at radius 3 is 2.78 bits per heavy atom. The van der Waals surface area contributed by atoms with Crippen molar-refractivity contribution < 1.29 is 9.18 Å². The van der Waals surface area contributed by atoms with Gasteiger partial charge in [0.25, 0.3) is 0 Å². The molecule has 5 aromatic rings. The first kappa shape index (κ1) is 20.0. The van der Waals surface area contributed by atoms with Crippen LogP contribution in [0.3, 0.4) is 0 Å². The maximum absolute atomic E-state index is 14.8. The highest BCUT2D eigenvalue weighted by Crippen LogP contribution is 2.28. The summed E-state index contributed by atoms with van der Waals surface area (Å²) in [5.74, 6) is -0.416. The molecule has 0 atom stereocenters. The van der Waals surface area contributed by atoms with Gasteiger partial charge in [-0.2, -0.15) is 5.10 Å². The number of carbonyl (C=O) groups is 1. The number of hydrogen-bond acceptors (Lipinski definition) is 6. The van der Waals surface area contributed by atoms with Crippen LogP contribution in [0.1, 0.15) is 16.1 Å². The molecule has 8 nitrogen and oxygen atoms in total. The van der Waals surface area contributed by atoms with Crippen LogP contribution in [0.25, 0.3) is 28.3 Å². The van der Waals surface area contributed by atoms with E-state index in [1.165, 1.54) is 40.2 Å². The van der Waals surface area contributed by atoms with Gasteiger partial charge in [-0.25, -0.2) is 23.9 Å². The number of carbonyl (C=O) groups excluding carboxylic acids is 1. The van der Waals surface area contributed by atoms with Crippen LogP contribution in [-0.4, -0.2) is 40.1 Å². The second-order valence-electron chi connectivity index (χ2n) is 7.10. The Balaban J connectivity index is 1.50. The van der Waals surface area contributed by atoms with Gasteiger partial charge in [-0.05, 0) is 6.07 Å². The first-order valence-electron chi connectivity index (χ1n) is 9.62. The summed E-state index contributed by atoms with van der Waals surface area (Å²) in [7, 11) is 1.63. The lowest BCUT2D eigenvalue weighted by molar-refractivity contribution is 0.0983. The van der Waals surface area contributed by atoms with E-state index in [-0.39, 0.29) is 23.5 Å². The molecule has 158 valence electrons. The van der Waals surface area contributed by atoms with Crippen molar-refractivity contribution in [3.8, 4) is 22.6 Å². The Labute approximate surface area is 186 Å². The molecule has 0 aliphatic carbocycles. The third kappa shape index (κ3) is 3.52. The molecular formula is C22H15ClFN7O. The molecule has 5 rings (SSSR count). The number of ketones is 1. The average Bonchev–Trinajstić information content (AvgIpc) is 3.38. The summed E-state index contributed by atoms with van der Waals surface area (Å²) >= 11 is 6.20. The van der Waals surface area contributed by atoms with Crippen molar-refractivity contribution in [1.82, 2.24) is 34.3 Å². The molecule has 4 aromatic heterocycles. The van der Waals surface area contributed by atoms with Crippen LogP contribution >= 0.6 is 11.6 Å². The molecule has 0 bridgehead atoms. The molecule has 10 heteroatoms. The molecule has 0 aliphatic heterocycles. The SMILES string of the molecule is Cn1ncc(-c2ncncc2Cl)c1C(=O)Cc1cc2nc(-c3ccccc3)nn2cc1F. The molecule has 0 aliphatic rings. The molecule has 0 saturated carbocycles. The van der Waals surface area contributed by atoms with E-state index < -0.39 is 5.82 Å². The minimum absolute atomic E-state index is 0.189. The van der Waals surface area contributed by atoms with Crippen molar-refractivity contribution in [3.63, 3.8) is 0 Å². The smallest absolute Gasteiger partial charge is 0.186 e. The predicted octanol–water partition coefficient (Wildman–Crippen LogP) is 3.80. The normalized spacial score (nSPS) is 11.2. The first-order chi connectivity index (χ1) is 15.5. The summed E-state index contributed by atoms with van der Waals surface area (Å²) < 4.78 is 17.6. The number of aryl methyl sites for hydroxylation is 1. The number of rotatable bonds is 5. The highest BCUT2D eigenvalue weighted by molar-refractivity contribution is 6.33. The van der Waals surface area contributed by atoms with Crippen LogP contribution in [0.15, 0.2) is 61.3 Å². The van der Waals surface area contributed by atoms with E-state index in [9.17, 15) is 9.18 Å². The van der Waals surface area contributed by atoms with E-state index in [4.69, 9.17) is 11.6 Å². The van der Waals surface area contributed by atoms with E-state index in [1.54, 1.807) is 7.05 Å². The topological polar surface area (TPSA) is 90.9 Å². The van der Waals surface area contributed by atoms with Crippen molar-refractivity contribution >= 4 is 23.0 Å². The van der Waals surface area contributed by atoms with E-state index >= 15 is 0 Å². The summed E-state index contributed by atoms with van der Waals surface area (Å²) in [6, 6.07) is 10.9.